The molecule has 1 aromatic carbocycles. The number of hydrogen-bond acceptors (Lipinski definition) is 4. The second-order valence-electron chi connectivity index (χ2n) is 6.62. The molecule has 3 rings (SSSR count). The zero-order chi connectivity index (χ0) is 17.8. The van der Waals surface area contributed by atoms with Gasteiger partial charge in [0.2, 0.25) is 0 Å². The van der Waals surface area contributed by atoms with E-state index in [1.807, 2.05) is 31.3 Å². The Morgan fingerprint density at radius 3 is 2.64 bits per heavy atom. The van der Waals surface area contributed by atoms with Gasteiger partial charge in [-0.2, -0.15) is 0 Å². The minimum atomic E-state index is -0.275. The summed E-state index contributed by atoms with van der Waals surface area (Å²) in [6.45, 7) is 5.19. The number of pyridine rings is 1. The van der Waals surface area contributed by atoms with Crippen molar-refractivity contribution < 1.29 is 4.39 Å². The Hall–Kier alpha value is -2.31. The molecule has 0 amide bonds. The number of nitrogens with one attached hydrogen (secondary N) is 1. The van der Waals surface area contributed by atoms with E-state index in [0.29, 0.717) is 12.1 Å². The van der Waals surface area contributed by atoms with E-state index in [1.165, 1.54) is 6.07 Å². The smallest absolute Gasteiger partial charge is 0.149 e. The molecule has 0 atom stereocenters. The van der Waals surface area contributed by atoms with Crippen LogP contribution in [0.5, 0.6) is 0 Å². The molecule has 0 aliphatic carbocycles. The number of imidazole rings is 1. The minimum absolute atomic E-state index is 0.275. The van der Waals surface area contributed by atoms with Crippen molar-refractivity contribution in [3.8, 4) is 0 Å². The average molecular weight is 341 g/mol. The molecular weight excluding hydrogens is 317 g/mol. The Bertz CT molecular complexity index is 843. The Morgan fingerprint density at radius 1 is 1.08 bits per heavy atom. The van der Waals surface area contributed by atoms with Crippen LogP contribution in [0.1, 0.15) is 17.2 Å². The summed E-state index contributed by atoms with van der Waals surface area (Å²) < 4.78 is 14.0. The summed E-state index contributed by atoms with van der Waals surface area (Å²) in [5.74, 6) is 0.636. The second-order valence-corrected chi connectivity index (χ2v) is 6.62. The number of benzene rings is 1. The third-order valence-corrected chi connectivity index (χ3v) is 4.13. The van der Waals surface area contributed by atoms with Gasteiger partial charge < -0.3 is 9.88 Å². The lowest BCUT2D eigenvalue weighted by atomic mass is 10.2. The second kappa shape index (κ2) is 7.72. The average Bonchev–Trinajstić information content (AvgIpc) is 2.98. The van der Waals surface area contributed by atoms with Crippen molar-refractivity contribution in [3.63, 3.8) is 0 Å². The zero-order valence-corrected chi connectivity index (χ0v) is 15.0. The van der Waals surface area contributed by atoms with Gasteiger partial charge in [-0.15, -0.1) is 0 Å². The van der Waals surface area contributed by atoms with Crippen LogP contribution in [-0.2, 0) is 13.1 Å². The number of fused-ring (bicyclic) bond motifs is 1. The summed E-state index contributed by atoms with van der Waals surface area (Å²) in [6.07, 6.45) is 1.87. The van der Waals surface area contributed by atoms with Gasteiger partial charge in [0.05, 0.1) is 5.69 Å². The normalized spacial score (nSPS) is 11.8. The number of rotatable bonds is 7. The van der Waals surface area contributed by atoms with E-state index < -0.39 is 0 Å². The highest BCUT2D eigenvalue weighted by atomic mass is 19.1. The molecule has 0 aliphatic heterocycles. The van der Waals surface area contributed by atoms with Crippen molar-refractivity contribution in [2.24, 2.45) is 0 Å². The number of likely N-dealkylation sites (N-methyl/N-ethyl adjacent to an activating group) is 1. The SMILES string of the molecule is Cc1ncc(CN(CCN(C)C)Cc2ccc3cccc(F)c3n2)[nH]1. The van der Waals surface area contributed by atoms with Crippen LogP contribution < -0.4 is 0 Å². The quantitative estimate of drug-likeness (QED) is 0.718. The largest absolute Gasteiger partial charge is 0.345 e. The van der Waals surface area contributed by atoms with Crippen molar-refractivity contribution in [2.75, 3.05) is 27.2 Å². The van der Waals surface area contributed by atoms with Gasteiger partial charge in [-0.25, -0.2) is 14.4 Å². The Balaban J connectivity index is 1.79. The maximum absolute atomic E-state index is 14.0. The molecule has 5 nitrogen and oxygen atoms in total. The molecule has 0 radical (unpaired) electrons. The van der Waals surface area contributed by atoms with Crippen molar-refractivity contribution in [1.82, 2.24) is 24.8 Å². The van der Waals surface area contributed by atoms with Gasteiger partial charge in [-0.1, -0.05) is 18.2 Å². The molecule has 3 aromatic rings. The van der Waals surface area contributed by atoms with Crippen LogP contribution in [0.15, 0.2) is 36.5 Å². The topological polar surface area (TPSA) is 48.1 Å². The van der Waals surface area contributed by atoms with Crippen LogP contribution in [0.4, 0.5) is 4.39 Å². The third kappa shape index (κ3) is 4.61. The maximum Gasteiger partial charge on any atom is 0.149 e. The monoisotopic (exact) mass is 341 g/mol. The first-order valence-electron chi connectivity index (χ1n) is 8.43. The highest BCUT2D eigenvalue weighted by Crippen LogP contribution is 2.17. The van der Waals surface area contributed by atoms with Gasteiger partial charge >= 0.3 is 0 Å². The highest BCUT2D eigenvalue weighted by molar-refractivity contribution is 5.79. The number of halogens is 1. The van der Waals surface area contributed by atoms with Gasteiger partial charge in [0, 0.05) is 43.5 Å². The summed E-state index contributed by atoms with van der Waals surface area (Å²) in [5, 5.41) is 0.827. The minimum Gasteiger partial charge on any atom is -0.345 e. The number of hydrogen-bond donors (Lipinski definition) is 1. The van der Waals surface area contributed by atoms with E-state index in [0.717, 1.165) is 42.2 Å². The number of H-pyrrole nitrogens is 1. The zero-order valence-electron chi connectivity index (χ0n) is 15.0. The molecule has 0 saturated heterocycles. The molecule has 0 unspecified atom stereocenters. The molecule has 2 aromatic heterocycles. The molecule has 0 bridgehead atoms. The van der Waals surface area contributed by atoms with Crippen molar-refractivity contribution in [1.29, 1.82) is 0 Å². The standard InChI is InChI=1S/C19H24FN5/c1-14-21-11-17(22-14)13-25(10-9-24(2)3)12-16-8-7-15-5-4-6-18(20)19(15)23-16/h4-8,11H,9-10,12-13H2,1-3H3,(H,21,22). The molecular formula is C19H24FN5. The van der Waals surface area contributed by atoms with Crippen LogP contribution in [-0.4, -0.2) is 51.9 Å². The fourth-order valence-electron chi connectivity index (χ4n) is 2.82. The predicted octanol–water partition coefficient (Wildman–Crippen LogP) is 2.97. The number of nitrogens with zero attached hydrogens (tertiary/aromatic N) is 4. The first kappa shape index (κ1) is 17.5. The maximum atomic E-state index is 14.0. The van der Waals surface area contributed by atoms with Gasteiger partial charge in [0.15, 0.2) is 0 Å². The number of aryl methyl sites for hydroxylation is 1. The Kier molecular flexibility index (Phi) is 5.40. The summed E-state index contributed by atoms with van der Waals surface area (Å²) in [4.78, 5) is 16.5. The van der Waals surface area contributed by atoms with Crippen LogP contribution in [0.25, 0.3) is 10.9 Å². The van der Waals surface area contributed by atoms with E-state index in [-0.39, 0.29) is 5.82 Å². The van der Waals surface area contributed by atoms with Crippen molar-refractivity contribution in [3.05, 3.63) is 59.6 Å². The number of para-hydroxylation sites is 1. The third-order valence-electron chi connectivity index (χ3n) is 4.13. The van der Waals surface area contributed by atoms with E-state index in [4.69, 9.17) is 0 Å². The van der Waals surface area contributed by atoms with Gasteiger partial charge in [-0.05, 0) is 33.2 Å². The van der Waals surface area contributed by atoms with Crippen molar-refractivity contribution in [2.45, 2.75) is 20.0 Å². The molecule has 0 fully saturated rings. The van der Waals surface area contributed by atoms with Crippen LogP contribution in [0.2, 0.25) is 0 Å². The summed E-state index contributed by atoms with van der Waals surface area (Å²) >= 11 is 0. The number of aromatic nitrogens is 3. The molecule has 6 heteroatoms. The van der Waals surface area contributed by atoms with Crippen molar-refractivity contribution >= 4 is 10.9 Å². The Morgan fingerprint density at radius 2 is 1.92 bits per heavy atom. The van der Waals surface area contributed by atoms with Crippen LogP contribution in [0, 0.1) is 12.7 Å². The molecule has 2 heterocycles. The van der Waals surface area contributed by atoms with Gasteiger partial charge in [0.25, 0.3) is 0 Å². The molecule has 25 heavy (non-hydrogen) atoms. The lowest BCUT2D eigenvalue weighted by Crippen LogP contribution is -2.31. The molecule has 132 valence electrons. The van der Waals surface area contributed by atoms with E-state index >= 15 is 0 Å². The number of aromatic amines is 1. The van der Waals surface area contributed by atoms with Gasteiger partial charge in [-0.3, -0.25) is 4.90 Å². The lowest BCUT2D eigenvalue weighted by Gasteiger charge is -2.23. The summed E-state index contributed by atoms with van der Waals surface area (Å²) in [7, 11) is 4.12. The fourth-order valence-corrected chi connectivity index (χ4v) is 2.82. The molecule has 0 aliphatic rings. The Labute approximate surface area is 147 Å². The lowest BCUT2D eigenvalue weighted by molar-refractivity contribution is 0.222. The molecule has 1 N–H and O–H groups in total. The van der Waals surface area contributed by atoms with E-state index in [1.54, 1.807) is 6.07 Å². The van der Waals surface area contributed by atoms with E-state index in [2.05, 4.69) is 38.8 Å². The molecule has 0 saturated carbocycles. The summed E-state index contributed by atoms with van der Waals surface area (Å²) in [5.41, 5.74) is 2.38. The first-order valence-corrected chi connectivity index (χ1v) is 8.43. The molecule has 0 spiro atoms. The first-order chi connectivity index (χ1) is 12.0. The van der Waals surface area contributed by atoms with Gasteiger partial charge in [0.1, 0.15) is 17.2 Å². The predicted molar refractivity (Wildman–Crippen MR) is 97.7 cm³/mol. The van der Waals surface area contributed by atoms with Crippen LogP contribution in [0.3, 0.4) is 0 Å². The summed E-state index contributed by atoms with van der Waals surface area (Å²) in [6, 6.07) is 8.96. The van der Waals surface area contributed by atoms with Crippen LogP contribution >= 0.6 is 0 Å². The fraction of sp³-hybridized carbons (Fsp3) is 0.368. The van der Waals surface area contributed by atoms with E-state index in [9.17, 15) is 4.39 Å². The highest BCUT2D eigenvalue weighted by Gasteiger charge is 2.11.